The minimum atomic E-state index is -0.987. The van der Waals surface area contributed by atoms with Crippen LogP contribution in [0, 0.1) is 13.8 Å². The fraction of sp³-hybridized carbons (Fsp3) is 0.409. The summed E-state index contributed by atoms with van der Waals surface area (Å²) in [5, 5.41) is 1.65. The number of hydrogen-bond donors (Lipinski definition) is 0. The molecule has 4 rings (SSSR count). The van der Waals surface area contributed by atoms with Crippen molar-refractivity contribution in [1.82, 2.24) is 5.06 Å². The molecule has 2 fully saturated rings. The second kappa shape index (κ2) is 6.30. The number of nitrogens with zero attached hydrogens (tertiary/aromatic N) is 1. The molecule has 1 aliphatic heterocycles. The zero-order chi connectivity index (χ0) is 17.4. The van der Waals surface area contributed by atoms with Gasteiger partial charge in [-0.05, 0) is 26.7 Å². The number of amides is 1. The lowest BCUT2D eigenvalue weighted by Gasteiger charge is -2.51. The molecule has 1 aliphatic carbocycles. The van der Waals surface area contributed by atoms with E-state index in [0.717, 1.165) is 24.0 Å². The predicted molar refractivity (Wildman–Crippen MR) is 97.9 cm³/mol. The molecule has 0 bridgehead atoms. The van der Waals surface area contributed by atoms with E-state index in [0.29, 0.717) is 0 Å². The molecular weight excluding hydrogens is 310 g/mol. The number of hydroxylamine groups is 2. The lowest BCUT2D eigenvalue weighted by molar-refractivity contribution is -0.316. The van der Waals surface area contributed by atoms with Gasteiger partial charge in [-0.2, -0.15) is 0 Å². The lowest BCUT2D eigenvalue weighted by atomic mass is 9.81. The van der Waals surface area contributed by atoms with Gasteiger partial charge in [0.05, 0.1) is 6.04 Å². The second-order valence-electron chi connectivity index (χ2n) is 7.43. The number of carbonyl (C=O) groups excluding carboxylic acids is 1. The van der Waals surface area contributed by atoms with Gasteiger partial charge >= 0.3 is 0 Å². The van der Waals surface area contributed by atoms with Crippen LogP contribution in [0.4, 0.5) is 0 Å². The van der Waals surface area contributed by atoms with Gasteiger partial charge in [0, 0.05) is 11.1 Å². The van der Waals surface area contributed by atoms with Crippen LogP contribution >= 0.6 is 0 Å². The Kier molecular flexibility index (Phi) is 4.12. The summed E-state index contributed by atoms with van der Waals surface area (Å²) in [6.45, 7) is 4.11. The monoisotopic (exact) mass is 335 g/mol. The number of aryl methyl sites for hydroxylation is 2. The molecule has 2 aromatic carbocycles. The first-order valence-electron chi connectivity index (χ1n) is 9.28. The van der Waals surface area contributed by atoms with Crippen LogP contribution in [0.5, 0.6) is 0 Å². The van der Waals surface area contributed by atoms with E-state index in [1.54, 1.807) is 5.06 Å². The number of hydrogen-bond acceptors (Lipinski definition) is 2. The quantitative estimate of drug-likeness (QED) is 0.817. The molecule has 0 spiro atoms. The Morgan fingerprint density at radius 1 is 0.840 bits per heavy atom. The summed E-state index contributed by atoms with van der Waals surface area (Å²) in [5.74, 6) is 0.0760. The highest BCUT2D eigenvalue weighted by Crippen LogP contribution is 2.46. The van der Waals surface area contributed by atoms with E-state index in [1.165, 1.54) is 30.4 Å². The Hall–Kier alpha value is -2.13. The zero-order valence-corrected chi connectivity index (χ0v) is 15.0. The normalized spacial score (nSPS) is 20.4. The lowest BCUT2D eigenvalue weighted by Crippen LogP contribution is -2.65. The van der Waals surface area contributed by atoms with Crippen LogP contribution in [-0.2, 0) is 15.2 Å². The highest BCUT2D eigenvalue weighted by Gasteiger charge is 2.59. The highest BCUT2D eigenvalue weighted by atomic mass is 16.7. The van der Waals surface area contributed by atoms with E-state index in [1.807, 2.05) is 48.5 Å². The molecule has 2 aromatic rings. The van der Waals surface area contributed by atoms with E-state index < -0.39 is 5.60 Å². The number of carbonyl (C=O) groups is 1. The molecule has 1 heterocycles. The molecule has 25 heavy (non-hydrogen) atoms. The first-order valence-corrected chi connectivity index (χ1v) is 9.28. The van der Waals surface area contributed by atoms with E-state index in [-0.39, 0.29) is 11.9 Å². The topological polar surface area (TPSA) is 29.5 Å². The van der Waals surface area contributed by atoms with Gasteiger partial charge in [-0.25, -0.2) is 9.90 Å². The van der Waals surface area contributed by atoms with Crippen molar-refractivity contribution in [2.75, 3.05) is 0 Å². The summed E-state index contributed by atoms with van der Waals surface area (Å²) >= 11 is 0. The summed E-state index contributed by atoms with van der Waals surface area (Å²) in [6, 6.07) is 16.5. The van der Waals surface area contributed by atoms with Crippen molar-refractivity contribution in [3.8, 4) is 0 Å². The molecule has 1 amide bonds. The first kappa shape index (κ1) is 16.3. The third-order valence-corrected chi connectivity index (χ3v) is 5.56. The van der Waals surface area contributed by atoms with Gasteiger partial charge < -0.3 is 0 Å². The fourth-order valence-corrected chi connectivity index (χ4v) is 4.00. The maximum absolute atomic E-state index is 13.4. The van der Waals surface area contributed by atoms with Gasteiger partial charge in [0.1, 0.15) is 0 Å². The van der Waals surface area contributed by atoms with Crippen molar-refractivity contribution < 1.29 is 9.63 Å². The maximum atomic E-state index is 13.4. The van der Waals surface area contributed by atoms with E-state index in [4.69, 9.17) is 4.84 Å². The van der Waals surface area contributed by atoms with E-state index in [2.05, 4.69) is 13.8 Å². The third kappa shape index (κ3) is 2.67. The summed E-state index contributed by atoms with van der Waals surface area (Å²) in [7, 11) is 0. The smallest absolute Gasteiger partial charge is 0.268 e. The third-order valence-electron chi connectivity index (χ3n) is 5.56. The van der Waals surface area contributed by atoms with Crippen LogP contribution in [-0.4, -0.2) is 17.0 Å². The summed E-state index contributed by atoms with van der Waals surface area (Å²) in [6.07, 6.45) is 5.71. The van der Waals surface area contributed by atoms with Crippen LogP contribution < -0.4 is 0 Å². The van der Waals surface area contributed by atoms with Gasteiger partial charge in [-0.3, -0.25) is 4.79 Å². The average Bonchev–Trinajstić information content (AvgIpc) is 2.64. The van der Waals surface area contributed by atoms with Crippen molar-refractivity contribution >= 4 is 5.91 Å². The molecule has 0 atom stereocenters. The van der Waals surface area contributed by atoms with Crippen molar-refractivity contribution in [3.05, 3.63) is 70.8 Å². The van der Waals surface area contributed by atoms with Gasteiger partial charge in [0.25, 0.3) is 5.91 Å². The summed E-state index contributed by atoms with van der Waals surface area (Å²) in [4.78, 5) is 19.7. The first-order chi connectivity index (χ1) is 12.1. The summed E-state index contributed by atoms with van der Waals surface area (Å²) in [5.41, 5.74) is 3.20. The minimum absolute atomic E-state index is 0.0760. The van der Waals surface area contributed by atoms with Gasteiger partial charge in [-0.15, -0.1) is 0 Å². The molecule has 1 saturated heterocycles. The predicted octanol–water partition coefficient (Wildman–Crippen LogP) is 4.65. The van der Waals surface area contributed by atoms with Crippen molar-refractivity contribution in [3.63, 3.8) is 0 Å². The van der Waals surface area contributed by atoms with Gasteiger partial charge in [0.15, 0.2) is 0 Å². The number of benzene rings is 2. The molecule has 0 unspecified atom stereocenters. The molecule has 2 aliphatic rings. The SMILES string of the molecule is Cc1ccc(C2(c3ccc(C)cc3)ON(C3CCCCC3)C2=O)cc1. The highest BCUT2D eigenvalue weighted by molar-refractivity contribution is 5.93. The Bertz CT molecular complexity index is 712. The summed E-state index contributed by atoms with van der Waals surface area (Å²) < 4.78 is 0. The van der Waals surface area contributed by atoms with Gasteiger partial charge in [0.2, 0.25) is 5.60 Å². The standard InChI is InChI=1S/C22H25NO2/c1-16-8-12-18(13-9-16)22(19-14-10-17(2)11-15-19)21(24)23(25-22)20-6-4-3-5-7-20/h8-15,20H,3-7H2,1-2H3. The minimum Gasteiger partial charge on any atom is -0.268 e. The molecule has 3 heteroatoms. The second-order valence-corrected chi connectivity index (χ2v) is 7.43. The Balaban J connectivity index is 1.72. The molecule has 0 N–H and O–H groups in total. The molecule has 0 aromatic heterocycles. The molecule has 3 nitrogen and oxygen atoms in total. The van der Waals surface area contributed by atoms with Crippen molar-refractivity contribution in [2.24, 2.45) is 0 Å². The maximum Gasteiger partial charge on any atom is 0.290 e. The van der Waals surface area contributed by atoms with Crippen LogP contribution in [0.15, 0.2) is 48.5 Å². The van der Waals surface area contributed by atoms with Crippen molar-refractivity contribution in [2.45, 2.75) is 57.6 Å². The van der Waals surface area contributed by atoms with Crippen LogP contribution in [0.3, 0.4) is 0 Å². The van der Waals surface area contributed by atoms with E-state index >= 15 is 0 Å². The molecule has 0 radical (unpaired) electrons. The Morgan fingerprint density at radius 3 is 1.76 bits per heavy atom. The van der Waals surface area contributed by atoms with Crippen LogP contribution in [0.25, 0.3) is 0 Å². The van der Waals surface area contributed by atoms with Crippen molar-refractivity contribution in [1.29, 1.82) is 0 Å². The van der Waals surface area contributed by atoms with E-state index in [9.17, 15) is 4.79 Å². The fourth-order valence-electron chi connectivity index (χ4n) is 4.00. The molecule has 130 valence electrons. The van der Waals surface area contributed by atoms with Crippen LogP contribution in [0.1, 0.15) is 54.4 Å². The number of rotatable bonds is 3. The Labute approximate surface area is 149 Å². The average molecular weight is 335 g/mol. The zero-order valence-electron chi connectivity index (χ0n) is 15.0. The molecular formula is C22H25NO2. The largest absolute Gasteiger partial charge is 0.290 e. The van der Waals surface area contributed by atoms with Gasteiger partial charge in [-0.1, -0.05) is 78.9 Å². The van der Waals surface area contributed by atoms with Crippen LogP contribution in [0.2, 0.25) is 0 Å². The Morgan fingerprint density at radius 2 is 1.32 bits per heavy atom. The molecule has 1 saturated carbocycles.